The minimum Gasteiger partial charge on any atom is -0.293 e. The van der Waals surface area contributed by atoms with E-state index in [0.29, 0.717) is 12.1 Å². The van der Waals surface area contributed by atoms with Crippen molar-refractivity contribution < 1.29 is 9.18 Å². The lowest BCUT2D eigenvalue weighted by atomic mass is 9.75. The second kappa shape index (κ2) is 6.70. The molecule has 1 aliphatic heterocycles. The molecule has 1 aromatic rings. The number of carbonyl (C=O) groups excluding carboxylic acids is 1. The summed E-state index contributed by atoms with van der Waals surface area (Å²) < 4.78 is 13.3. The first-order valence-electron chi connectivity index (χ1n) is 8.71. The number of hydrogen-bond donors (Lipinski definition) is 0. The molecule has 3 nitrogen and oxygen atoms in total. The average Bonchev–Trinajstić information content (AvgIpc) is 2.83. The SMILES string of the molecule is CN1CN(CC(=O)c2cccc(F)c2)CC1(C)C1CCCCC1. The molecular formula is C19H27FN2O. The van der Waals surface area contributed by atoms with Gasteiger partial charge in [-0.1, -0.05) is 31.4 Å². The first-order chi connectivity index (χ1) is 11.0. The van der Waals surface area contributed by atoms with Crippen LogP contribution in [-0.4, -0.2) is 47.9 Å². The molecule has 1 aliphatic carbocycles. The molecule has 1 aromatic carbocycles. The van der Waals surface area contributed by atoms with Crippen LogP contribution in [0.25, 0.3) is 0 Å². The van der Waals surface area contributed by atoms with E-state index in [4.69, 9.17) is 0 Å². The van der Waals surface area contributed by atoms with Gasteiger partial charge < -0.3 is 0 Å². The second-order valence-corrected chi connectivity index (χ2v) is 7.45. The number of halogens is 1. The highest BCUT2D eigenvalue weighted by atomic mass is 19.1. The van der Waals surface area contributed by atoms with Gasteiger partial charge in [0.15, 0.2) is 5.78 Å². The predicted molar refractivity (Wildman–Crippen MR) is 89.9 cm³/mol. The number of likely N-dealkylation sites (N-methyl/N-ethyl adjacent to an activating group) is 1. The Bertz CT molecular complexity index is 570. The smallest absolute Gasteiger partial charge is 0.176 e. The van der Waals surface area contributed by atoms with E-state index < -0.39 is 0 Å². The van der Waals surface area contributed by atoms with Crippen molar-refractivity contribution in [2.24, 2.45) is 5.92 Å². The van der Waals surface area contributed by atoms with Crippen LogP contribution in [0.1, 0.15) is 49.4 Å². The number of carbonyl (C=O) groups is 1. The number of hydrogen-bond acceptors (Lipinski definition) is 3. The highest BCUT2D eigenvalue weighted by Gasteiger charge is 2.44. The first-order valence-corrected chi connectivity index (χ1v) is 8.71. The number of Topliss-reactive ketones (excluding diaryl/α,β-unsaturated/α-hetero) is 1. The van der Waals surface area contributed by atoms with Gasteiger partial charge in [0.2, 0.25) is 0 Å². The molecule has 126 valence electrons. The molecule has 23 heavy (non-hydrogen) atoms. The zero-order chi connectivity index (χ0) is 16.4. The first kappa shape index (κ1) is 16.6. The van der Waals surface area contributed by atoms with Crippen molar-refractivity contribution in [3.8, 4) is 0 Å². The van der Waals surface area contributed by atoms with Gasteiger partial charge in [-0.05, 0) is 44.9 Å². The lowest BCUT2D eigenvalue weighted by Gasteiger charge is -2.41. The summed E-state index contributed by atoms with van der Waals surface area (Å²) in [5.74, 6) is 0.378. The van der Waals surface area contributed by atoms with E-state index >= 15 is 0 Å². The third kappa shape index (κ3) is 3.48. The molecule has 0 spiro atoms. The van der Waals surface area contributed by atoms with Gasteiger partial charge >= 0.3 is 0 Å². The van der Waals surface area contributed by atoms with E-state index in [0.717, 1.165) is 19.1 Å². The molecule has 0 aromatic heterocycles. The number of nitrogens with zero attached hydrogens (tertiary/aromatic N) is 2. The molecule has 1 saturated heterocycles. The Morgan fingerprint density at radius 3 is 2.74 bits per heavy atom. The van der Waals surface area contributed by atoms with Crippen LogP contribution in [0.2, 0.25) is 0 Å². The van der Waals surface area contributed by atoms with E-state index in [-0.39, 0.29) is 17.1 Å². The Kier molecular flexibility index (Phi) is 4.83. The molecule has 0 bridgehead atoms. The van der Waals surface area contributed by atoms with Crippen molar-refractivity contribution in [1.29, 1.82) is 0 Å². The van der Waals surface area contributed by atoms with E-state index in [2.05, 4.69) is 23.8 Å². The Balaban J connectivity index is 1.65. The fourth-order valence-corrected chi connectivity index (χ4v) is 4.31. The highest BCUT2D eigenvalue weighted by Crippen LogP contribution is 2.39. The van der Waals surface area contributed by atoms with Crippen molar-refractivity contribution in [1.82, 2.24) is 9.80 Å². The van der Waals surface area contributed by atoms with Crippen LogP contribution in [-0.2, 0) is 0 Å². The molecule has 2 fully saturated rings. The van der Waals surface area contributed by atoms with Gasteiger partial charge in [-0.15, -0.1) is 0 Å². The van der Waals surface area contributed by atoms with Crippen LogP contribution < -0.4 is 0 Å². The summed E-state index contributed by atoms with van der Waals surface area (Å²) in [6.07, 6.45) is 6.61. The van der Waals surface area contributed by atoms with Crippen LogP contribution in [0.4, 0.5) is 4.39 Å². The van der Waals surface area contributed by atoms with Crippen LogP contribution in [0.5, 0.6) is 0 Å². The Labute approximate surface area is 138 Å². The molecule has 1 atom stereocenters. The number of ketones is 1. The van der Waals surface area contributed by atoms with Gasteiger partial charge in [0, 0.05) is 17.6 Å². The normalized spacial score (nSPS) is 27.4. The third-order valence-corrected chi connectivity index (χ3v) is 5.83. The molecule has 4 heteroatoms. The monoisotopic (exact) mass is 318 g/mol. The van der Waals surface area contributed by atoms with E-state index in [1.54, 1.807) is 12.1 Å². The van der Waals surface area contributed by atoms with E-state index in [9.17, 15) is 9.18 Å². The zero-order valence-electron chi connectivity index (χ0n) is 14.2. The van der Waals surface area contributed by atoms with E-state index in [1.807, 2.05) is 0 Å². The van der Waals surface area contributed by atoms with Gasteiger partial charge in [-0.2, -0.15) is 0 Å². The molecular weight excluding hydrogens is 291 g/mol. The summed E-state index contributed by atoms with van der Waals surface area (Å²) in [5.41, 5.74) is 0.627. The number of rotatable bonds is 4. The van der Waals surface area contributed by atoms with Crippen molar-refractivity contribution in [2.75, 3.05) is 26.8 Å². The summed E-state index contributed by atoms with van der Waals surface area (Å²) in [6.45, 7) is 4.45. The fraction of sp³-hybridized carbons (Fsp3) is 0.632. The minimum absolute atomic E-state index is 0.00536. The molecule has 1 unspecified atom stereocenters. The van der Waals surface area contributed by atoms with Crippen LogP contribution in [0, 0.1) is 11.7 Å². The van der Waals surface area contributed by atoms with Crippen molar-refractivity contribution in [3.05, 3.63) is 35.6 Å². The summed E-state index contributed by atoms with van der Waals surface area (Å²) in [6, 6.07) is 6.01. The summed E-state index contributed by atoms with van der Waals surface area (Å²) >= 11 is 0. The van der Waals surface area contributed by atoms with Crippen LogP contribution in [0.15, 0.2) is 24.3 Å². The van der Waals surface area contributed by atoms with Gasteiger partial charge in [0.25, 0.3) is 0 Å². The predicted octanol–water partition coefficient (Wildman–Crippen LogP) is 3.55. The van der Waals surface area contributed by atoms with Crippen molar-refractivity contribution in [3.63, 3.8) is 0 Å². The van der Waals surface area contributed by atoms with Crippen molar-refractivity contribution in [2.45, 2.75) is 44.6 Å². The minimum atomic E-state index is -0.346. The summed E-state index contributed by atoms with van der Waals surface area (Å²) in [4.78, 5) is 17.0. The molecule has 0 amide bonds. The standard InChI is InChI=1S/C19H27FN2O/c1-19(16-8-4-3-5-9-16)13-22(14-21(19)2)12-18(23)15-7-6-10-17(20)11-15/h6-7,10-11,16H,3-5,8-9,12-14H2,1-2H3. The van der Waals surface area contributed by atoms with E-state index in [1.165, 1.54) is 44.2 Å². The molecule has 3 rings (SSSR count). The molecule has 2 aliphatic rings. The maximum absolute atomic E-state index is 13.3. The summed E-state index contributed by atoms with van der Waals surface area (Å²) in [5, 5.41) is 0. The topological polar surface area (TPSA) is 23.6 Å². The van der Waals surface area contributed by atoms with Crippen LogP contribution >= 0.6 is 0 Å². The average molecular weight is 318 g/mol. The molecule has 0 N–H and O–H groups in total. The fourth-order valence-electron chi connectivity index (χ4n) is 4.31. The number of benzene rings is 1. The largest absolute Gasteiger partial charge is 0.293 e. The molecule has 1 saturated carbocycles. The lowest BCUT2D eigenvalue weighted by molar-refractivity contribution is 0.0936. The highest BCUT2D eigenvalue weighted by molar-refractivity contribution is 5.97. The Morgan fingerprint density at radius 1 is 1.30 bits per heavy atom. The van der Waals surface area contributed by atoms with Gasteiger partial charge in [-0.25, -0.2) is 4.39 Å². The Hall–Kier alpha value is -1.26. The molecule has 0 radical (unpaired) electrons. The lowest BCUT2D eigenvalue weighted by Crippen LogP contribution is -2.48. The second-order valence-electron chi connectivity index (χ2n) is 7.45. The van der Waals surface area contributed by atoms with Gasteiger partial charge in [0.1, 0.15) is 5.82 Å². The maximum Gasteiger partial charge on any atom is 0.176 e. The molecule has 1 heterocycles. The third-order valence-electron chi connectivity index (χ3n) is 5.83. The van der Waals surface area contributed by atoms with Crippen molar-refractivity contribution >= 4 is 5.78 Å². The zero-order valence-corrected chi connectivity index (χ0v) is 14.2. The summed E-state index contributed by atoms with van der Waals surface area (Å²) in [7, 11) is 2.17. The van der Waals surface area contributed by atoms with Gasteiger partial charge in [0.05, 0.1) is 13.2 Å². The van der Waals surface area contributed by atoms with Crippen LogP contribution in [0.3, 0.4) is 0 Å². The van der Waals surface area contributed by atoms with Gasteiger partial charge in [-0.3, -0.25) is 14.6 Å². The quantitative estimate of drug-likeness (QED) is 0.793. The Morgan fingerprint density at radius 2 is 2.04 bits per heavy atom. The maximum atomic E-state index is 13.3.